The van der Waals surface area contributed by atoms with Gasteiger partial charge in [-0.25, -0.2) is 0 Å². The van der Waals surface area contributed by atoms with Crippen LogP contribution >= 0.6 is 0 Å². The molecule has 112 valence electrons. The van der Waals surface area contributed by atoms with Crippen LogP contribution in [0.2, 0.25) is 0 Å². The van der Waals surface area contributed by atoms with Crippen LogP contribution in [0.15, 0.2) is 24.3 Å². The van der Waals surface area contributed by atoms with E-state index in [0.717, 1.165) is 4.90 Å². The molecule has 1 aromatic rings. The van der Waals surface area contributed by atoms with E-state index in [-0.39, 0.29) is 5.56 Å². The normalized spacial score (nSPS) is 11.7. The van der Waals surface area contributed by atoms with Gasteiger partial charge in [-0.2, -0.15) is 13.2 Å². The number of benzene rings is 1. The number of carbonyl (C=O) groups excluding carboxylic acids is 1. The highest BCUT2D eigenvalue weighted by Crippen LogP contribution is 2.22. The molecule has 0 radical (unpaired) electrons. The Morgan fingerprint density at radius 1 is 1.20 bits per heavy atom. The fourth-order valence-corrected chi connectivity index (χ4v) is 2.08. The van der Waals surface area contributed by atoms with E-state index < -0.39 is 24.7 Å². The lowest BCUT2D eigenvalue weighted by molar-refractivity contribution is -0.144. The van der Waals surface area contributed by atoms with Gasteiger partial charge in [0.05, 0.1) is 0 Å². The summed E-state index contributed by atoms with van der Waals surface area (Å²) < 4.78 is 38.0. The molecule has 1 amide bonds. The first-order chi connectivity index (χ1) is 9.28. The molecule has 0 unspecified atom stereocenters. The van der Waals surface area contributed by atoms with Gasteiger partial charge in [-0.15, -0.1) is 0 Å². The number of anilines is 1. The second-order valence-corrected chi connectivity index (χ2v) is 4.64. The van der Waals surface area contributed by atoms with E-state index in [1.165, 1.54) is 24.3 Å². The van der Waals surface area contributed by atoms with Gasteiger partial charge in [-0.1, -0.05) is 13.8 Å². The molecule has 2 N–H and O–H groups in total. The average molecular weight is 288 g/mol. The van der Waals surface area contributed by atoms with E-state index in [4.69, 9.17) is 5.73 Å². The molecule has 1 aromatic carbocycles. The van der Waals surface area contributed by atoms with Gasteiger partial charge in [0.2, 0.25) is 0 Å². The summed E-state index contributed by atoms with van der Waals surface area (Å²) in [6.07, 6.45) is -3.45. The van der Waals surface area contributed by atoms with Crippen molar-refractivity contribution in [3.05, 3.63) is 29.8 Å². The van der Waals surface area contributed by atoms with Gasteiger partial charge < -0.3 is 10.6 Å². The molecule has 20 heavy (non-hydrogen) atoms. The van der Waals surface area contributed by atoms with Crippen molar-refractivity contribution in [2.45, 2.75) is 38.9 Å². The number of hydrogen-bond acceptors (Lipinski definition) is 2. The Hall–Kier alpha value is -1.72. The summed E-state index contributed by atoms with van der Waals surface area (Å²) >= 11 is 0. The molecule has 0 atom stereocenters. The van der Waals surface area contributed by atoms with Crippen LogP contribution in [0.3, 0.4) is 0 Å². The summed E-state index contributed by atoms with van der Waals surface area (Å²) in [6, 6.07) is 5.48. The molecule has 1 rings (SSSR count). The summed E-state index contributed by atoms with van der Waals surface area (Å²) in [7, 11) is 0. The highest BCUT2D eigenvalue weighted by Gasteiger charge is 2.35. The average Bonchev–Trinajstić information content (AvgIpc) is 2.37. The molecular weight excluding hydrogens is 269 g/mol. The molecule has 0 heterocycles. The van der Waals surface area contributed by atoms with Crippen molar-refractivity contribution in [3.63, 3.8) is 0 Å². The van der Waals surface area contributed by atoms with Gasteiger partial charge >= 0.3 is 6.18 Å². The van der Waals surface area contributed by atoms with Crippen LogP contribution in [0.1, 0.15) is 37.0 Å². The first-order valence-electron chi connectivity index (χ1n) is 6.51. The summed E-state index contributed by atoms with van der Waals surface area (Å²) in [4.78, 5) is 13.2. The Kier molecular flexibility index (Phi) is 5.42. The van der Waals surface area contributed by atoms with Crippen LogP contribution in [0, 0.1) is 0 Å². The lowest BCUT2D eigenvalue weighted by Crippen LogP contribution is -2.45. The third-order valence-electron chi connectivity index (χ3n) is 3.15. The summed E-state index contributed by atoms with van der Waals surface area (Å²) in [6.45, 7) is 2.31. The smallest absolute Gasteiger partial charge is 0.399 e. The third-order valence-corrected chi connectivity index (χ3v) is 3.15. The zero-order valence-electron chi connectivity index (χ0n) is 11.6. The first kappa shape index (κ1) is 16.3. The van der Waals surface area contributed by atoms with Gasteiger partial charge in [0.1, 0.15) is 6.54 Å². The number of halogens is 3. The SMILES string of the molecule is CCC(CC)N(CC(F)(F)F)C(=O)c1ccc(N)cc1. The van der Waals surface area contributed by atoms with E-state index >= 15 is 0 Å². The zero-order chi connectivity index (χ0) is 15.3. The summed E-state index contributed by atoms with van der Waals surface area (Å²) in [5, 5.41) is 0. The van der Waals surface area contributed by atoms with E-state index in [9.17, 15) is 18.0 Å². The van der Waals surface area contributed by atoms with Crippen LogP contribution < -0.4 is 5.73 Å². The van der Waals surface area contributed by atoms with E-state index in [2.05, 4.69) is 0 Å². The number of rotatable bonds is 5. The van der Waals surface area contributed by atoms with Crippen molar-refractivity contribution < 1.29 is 18.0 Å². The highest BCUT2D eigenvalue weighted by atomic mass is 19.4. The molecule has 0 aliphatic carbocycles. The lowest BCUT2D eigenvalue weighted by atomic mass is 10.1. The number of hydrogen-bond donors (Lipinski definition) is 1. The number of amides is 1. The van der Waals surface area contributed by atoms with Crippen molar-refractivity contribution >= 4 is 11.6 Å². The zero-order valence-corrected chi connectivity index (χ0v) is 11.6. The molecule has 0 aliphatic heterocycles. The monoisotopic (exact) mass is 288 g/mol. The predicted octanol–water partition coefficient (Wildman–Crippen LogP) is 3.46. The van der Waals surface area contributed by atoms with E-state index in [0.29, 0.717) is 18.5 Å². The van der Waals surface area contributed by atoms with Gasteiger partial charge in [-0.05, 0) is 37.1 Å². The fraction of sp³-hybridized carbons (Fsp3) is 0.500. The summed E-state index contributed by atoms with van der Waals surface area (Å²) in [5.41, 5.74) is 6.19. The van der Waals surface area contributed by atoms with Crippen molar-refractivity contribution in [2.75, 3.05) is 12.3 Å². The lowest BCUT2D eigenvalue weighted by Gasteiger charge is -2.31. The van der Waals surface area contributed by atoms with Crippen molar-refractivity contribution in [1.29, 1.82) is 0 Å². The maximum absolute atomic E-state index is 12.7. The Morgan fingerprint density at radius 2 is 1.70 bits per heavy atom. The Labute approximate surface area is 116 Å². The van der Waals surface area contributed by atoms with Crippen molar-refractivity contribution in [2.24, 2.45) is 0 Å². The minimum Gasteiger partial charge on any atom is -0.399 e. The molecule has 0 saturated heterocycles. The molecule has 0 aliphatic rings. The van der Waals surface area contributed by atoms with E-state index in [1.807, 2.05) is 0 Å². The van der Waals surface area contributed by atoms with E-state index in [1.54, 1.807) is 13.8 Å². The number of alkyl halides is 3. The van der Waals surface area contributed by atoms with Gasteiger partial charge in [-0.3, -0.25) is 4.79 Å². The van der Waals surface area contributed by atoms with Crippen LogP contribution in [-0.4, -0.2) is 29.6 Å². The Morgan fingerprint density at radius 3 is 2.10 bits per heavy atom. The van der Waals surface area contributed by atoms with Crippen LogP contribution in [0.5, 0.6) is 0 Å². The quantitative estimate of drug-likeness (QED) is 0.843. The number of carbonyl (C=O) groups is 1. The topological polar surface area (TPSA) is 46.3 Å². The number of nitrogens with zero attached hydrogens (tertiary/aromatic N) is 1. The second kappa shape index (κ2) is 6.63. The standard InChI is InChI=1S/C14H19F3N2O/c1-3-12(4-2)19(9-14(15,16)17)13(20)10-5-7-11(18)8-6-10/h5-8,12H,3-4,9,18H2,1-2H3. The molecule has 6 heteroatoms. The van der Waals surface area contributed by atoms with Gasteiger partial charge in [0.15, 0.2) is 0 Å². The molecule has 3 nitrogen and oxygen atoms in total. The largest absolute Gasteiger partial charge is 0.406 e. The van der Waals surface area contributed by atoms with Crippen LogP contribution in [0.25, 0.3) is 0 Å². The molecule has 0 saturated carbocycles. The van der Waals surface area contributed by atoms with Crippen LogP contribution in [0.4, 0.5) is 18.9 Å². The second-order valence-electron chi connectivity index (χ2n) is 4.64. The highest BCUT2D eigenvalue weighted by molar-refractivity contribution is 5.94. The number of nitrogen functional groups attached to an aromatic ring is 1. The van der Waals surface area contributed by atoms with Gasteiger partial charge in [0.25, 0.3) is 5.91 Å². The van der Waals surface area contributed by atoms with Crippen molar-refractivity contribution in [3.8, 4) is 0 Å². The molecule has 0 spiro atoms. The Balaban J connectivity index is 3.02. The Bertz CT molecular complexity index is 439. The molecular formula is C14H19F3N2O. The van der Waals surface area contributed by atoms with Crippen molar-refractivity contribution in [1.82, 2.24) is 4.90 Å². The summed E-state index contributed by atoms with van der Waals surface area (Å²) in [5.74, 6) is -0.615. The minimum absolute atomic E-state index is 0.218. The number of nitrogens with two attached hydrogens (primary N) is 1. The van der Waals surface area contributed by atoms with Crippen LogP contribution in [-0.2, 0) is 0 Å². The predicted molar refractivity (Wildman–Crippen MR) is 72.3 cm³/mol. The van der Waals surface area contributed by atoms with Gasteiger partial charge in [0, 0.05) is 17.3 Å². The maximum atomic E-state index is 12.7. The molecule has 0 aromatic heterocycles. The molecule has 0 bridgehead atoms. The minimum atomic E-state index is -4.41. The molecule has 0 fully saturated rings. The maximum Gasteiger partial charge on any atom is 0.406 e. The fourth-order valence-electron chi connectivity index (χ4n) is 2.08. The first-order valence-corrected chi connectivity index (χ1v) is 6.51. The third kappa shape index (κ3) is 4.43.